The van der Waals surface area contributed by atoms with Gasteiger partial charge in [0.1, 0.15) is 5.75 Å². The highest BCUT2D eigenvalue weighted by Crippen LogP contribution is 2.30. The van der Waals surface area contributed by atoms with Gasteiger partial charge in [0.15, 0.2) is 0 Å². The highest BCUT2D eigenvalue weighted by atomic mass is 16.5. The van der Waals surface area contributed by atoms with Crippen molar-refractivity contribution in [3.8, 4) is 11.4 Å². The van der Waals surface area contributed by atoms with Crippen molar-refractivity contribution in [2.75, 3.05) is 19.7 Å². The number of aromatic nitrogens is 2. The Morgan fingerprint density at radius 3 is 2.55 bits per heavy atom. The van der Waals surface area contributed by atoms with E-state index in [-0.39, 0.29) is 5.91 Å². The average Bonchev–Trinajstić information content (AvgIpc) is 3.25. The van der Waals surface area contributed by atoms with E-state index in [0.717, 1.165) is 31.6 Å². The zero-order valence-electron chi connectivity index (χ0n) is 17.0. The minimum absolute atomic E-state index is 0.0582. The van der Waals surface area contributed by atoms with E-state index in [9.17, 15) is 4.79 Å². The molecule has 1 aliphatic heterocycles. The molecule has 0 atom stereocenters. The van der Waals surface area contributed by atoms with Crippen molar-refractivity contribution in [1.82, 2.24) is 14.7 Å². The lowest BCUT2D eigenvalue weighted by Crippen LogP contribution is -2.38. The van der Waals surface area contributed by atoms with E-state index in [1.54, 1.807) is 0 Å². The molecule has 0 spiro atoms. The predicted octanol–water partition coefficient (Wildman–Crippen LogP) is 4.60. The fourth-order valence-electron chi connectivity index (χ4n) is 3.90. The van der Waals surface area contributed by atoms with E-state index in [0.29, 0.717) is 23.8 Å². The second-order valence-corrected chi connectivity index (χ2v) is 7.55. The topological polar surface area (TPSA) is 47.4 Å². The average molecular weight is 389 g/mol. The zero-order chi connectivity index (χ0) is 20.2. The molecule has 2 heterocycles. The molecule has 1 fully saturated rings. The summed E-state index contributed by atoms with van der Waals surface area (Å²) in [5.74, 6) is 1.16. The maximum absolute atomic E-state index is 13.0. The molecule has 5 heteroatoms. The first kappa shape index (κ1) is 19.2. The molecule has 1 aliphatic rings. The Balaban J connectivity index is 1.41. The summed E-state index contributed by atoms with van der Waals surface area (Å²) in [7, 11) is 0. The predicted molar refractivity (Wildman–Crippen MR) is 114 cm³/mol. The summed E-state index contributed by atoms with van der Waals surface area (Å²) >= 11 is 0. The van der Waals surface area contributed by atoms with Crippen molar-refractivity contribution in [2.24, 2.45) is 0 Å². The van der Waals surface area contributed by atoms with Crippen LogP contribution in [0.15, 0.2) is 60.9 Å². The molecule has 0 saturated carbocycles. The quantitative estimate of drug-likeness (QED) is 0.641. The molecule has 0 aliphatic carbocycles. The molecule has 4 rings (SSSR count). The second-order valence-electron chi connectivity index (χ2n) is 7.55. The molecule has 1 aromatic heterocycles. The Hall–Kier alpha value is -3.08. The first-order valence-corrected chi connectivity index (χ1v) is 10.3. The molecule has 0 unspecified atom stereocenters. The summed E-state index contributed by atoms with van der Waals surface area (Å²) in [6.07, 6.45) is 5.98. The highest BCUT2D eigenvalue weighted by Gasteiger charge is 2.26. The van der Waals surface area contributed by atoms with Gasteiger partial charge in [-0.1, -0.05) is 29.8 Å². The van der Waals surface area contributed by atoms with Crippen LogP contribution >= 0.6 is 0 Å². The fourth-order valence-corrected chi connectivity index (χ4v) is 3.90. The standard InChI is InChI=1S/C24H27N3O2/c1-3-29-23-7-5-4-6-22(23)24(28)26-14-12-19(13-15-26)20-16-25-27(17-20)21-10-8-18(2)9-11-21/h4-11,16-17,19H,3,12-15H2,1-2H3. The summed E-state index contributed by atoms with van der Waals surface area (Å²) in [6.45, 7) is 6.07. The molecule has 1 amide bonds. The van der Waals surface area contributed by atoms with Gasteiger partial charge in [-0.05, 0) is 62.4 Å². The van der Waals surface area contributed by atoms with Crippen LogP contribution in [-0.2, 0) is 0 Å². The summed E-state index contributed by atoms with van der Waals surface area (Å²) in [5, 5.41) is 4.54. The van der Waals surface area contributed by atoms with Crippen LogP contribution in [0.5, 0.6) is 5.75 Å². The molecule has 5 nitrogen and oxygen atoms in total. The molecule has 29 heavy (non-hydrogen) atoms. The molecule has 1 saturated heterocycles. The maximum atomic E-state index is 13.0. The van der Waals surface area contributed by atoms with Crippen LogP contribution in [0.3, 0.4) is 0 Å². The number of benzene rings is 2. The fraction of sp³-hybridized carbons (Fsp3) is 0.333. The van der Waals surface area contributed by atoms with Gasteiger partial charge in [0, 0.05) is 19.3 Å². The van der Waals surface area contributed by atoms with Crippen molar-refractivity contribution >= 4 is 5.91 Å². The lowest BCUT2D eigenvalue weighted by molar-refractivity contribution is 0.0709. The minimum atomic E-state index is 0.0582. The summed E-state index contributed by atoms with van der Waals surface area (Å²) in [6, 6.07) is 15.9. The first-order valence-electron chi connectivity index (χ1n) is 10.3. The number of aryl methyl sites for hydroxylation is 1. The van der Waals surface area contributed by atoms with Crippen molar-refractivity contribution in [1.29, 1.82) is 0 Å². The molecule has 0 radical (unpaired) electrons. The largest absolute Gasteiger partial charge is 0.493 e. The van der Waals surface area contributed by atoms with Gasteiger partial charge < -0.3 is 9.64 Å². The Labute approximate surface area is 171 Å². The smallest absolute Gasteiger partial charge is 0.257 e. The molecule has 0 bridgehead atoms. The molecule has 150 valence electrons. The van der Waals surface area contributed by atoms with Crippen molar-refractivity contribution < 1.29 is 9.53 Å². The number of para-hydroxylation sites is 1. The minimum Gasteiger partial charge on any atom is -0.493 e. The van der Waals surface area contributed by atoms with Crippen LogP contribution in [0, 0.1) is 6.92 Å². The van der Waals surface area contributed by atoms with Gasteiger partial charge in [0.2, 0.25) is 0 Å². The monoisotopic (exact) mass is 389 g/mol. The number of hydrogen-bond acceptors (Lipinski definition) is 3. The molecule has 0 N–H and O–H groups in total. The third kappa shape index (κ3) is 4.19. The lowest BCUT2D eigenvalue weighted by Gasteiger charge is -2.32. The Morgan fingerprint density at radius 1 is 1.10 bits per heavy atom. The normalized spacial score (nSPS) is 14.8. The summed E-state index contributed by atoms with van der Waals surface area (Å²) in [4.78, 5) is 14.9. The Bertz CT molecular complexity index is 970. The second kappa shape index (κ2) is 8.52. The Morgan fingerprint density at radius 2 is 1.83 bits per heavy atom. The van der Waals surface area contributed by atoms with Crippen LogP contribution in [0.4, 0.5) is 0 Å². The van der Waals surface area contributed by atoms with Gasteiger partial charge in [-0.3, -0.25) is 4.79 Å². The van der Waals surface area contributed by atoms with E-state index >= 15 is 0 Å². The Kier molecular flexibility index (Phi) is 5.65. The van der Waals surface area contributed by atoms with E-state index in [1.807, 2.05) is 47.0 Å². The number of ether oxygens (including phenoxy) is 1. The van der Waals surface area contributed by atoms with E-state index < -0.39 is 0 Å². The van der Waals surface area contributed by atoms with Gasteiger partial charge in [-0.25, -0.2) is 4.68 Å². The maximum Gasteiger partial charge on any atom is 0.257 e. The molecule has 3 aromatic rings. The van der Waals surface area contributed by atoms with Crippen molar-refractivity contribution in [2.45, 2.75) is 32.6 Å². The van der Waals surface area contributed by atoms with E-state index in [2.05, 4.69) is 42.5 Å². The van der Waals surface area contributed by atoms with Crippen LogP contribution in [0.2, 0.25) is 0 Å². The molecular weight excluding hydrogens is 362 g/mol. The third-order valence-corrected chi connectivity index (χ3v) is 5.57. The van der Waals surface area contributed by atoms with Gasteiger partial charge >= 0.3 is 0 Å². The number of nitrogens with zero attached hydrogens (tertiary/aromatic N) is 3. The summed E-state index contributed by atoms with van der Waals surface area (Å²) in [5.41, 5.74) is 4.21. The number of carbonyl (C=O) groups excluding carboxylic acids is 1. The van der Waals surface area contributed by atoms with E-state index in [4.69, 9.17) is 4.74 Å². The number of amides is 1. The highest BCUT2D eigenvalue weighted by molar-refractivity contribution is 5.97. The number of carbonyl (C=O) groups is 1. The molecular formula is C24H27N3O2. The number of piperidine rings is 1. The van der Waals surface area contributed by atoms with Gasteiger partial charge in [-0.2, -0.15) is 5.10 Å². The van der Waals surface area contributed by atoms with Crippen LogP contribution in [-0.4, -0.2) is 40.3 Å². The van der Waals surface area contributed by atoms with Gasteiger partial charge in [0.25, 0.3) is 5.91 Å². The van der Waals surface area contributed by atoms with Gasteiger partial charge in [-0.15, -0.1) is 0 Å². The van der Waals surface area contributed by atoms with Crippen molar-refractivity contribution in [3.05, 3.63) is 77.6 Å². The third-order valence-electron chi connectivity index (χ3n) is 5.57. The van der Waals surface area contributed by atoms with Crippen LogP contribution in [0.1, 0.15) is 47.2 Å². The SMILES string of the molecule is CCOc1ccccc1C(=O)N1CCC(c2cnn(-c3ccc(C)cc3)c2)CC1. The summed E-state index contributed by atoms with van der Waals surface area (Å²) < 4.78 is 7.57. The van der Waals surface area contributed by atoms with Crippen LogP contribution < -0.4 is 4.74 Å². The number of rotatable bonds is 5. The van der Waals surface area contributed by atoms with E-state index in [1.165, 1.54) is 11.1 Å². The first-order chi connectivity index (χ1) is 14.2. The van der Waals surface area contributed by atoms with Gasteiger partial charge in [0.05, 0.1) is 24.1 Å². The van der Waals surface area contributed by atoms with Crippen molar-refractivity contribution in [3.63, 3.8) is 0 Å². The number of hydrogen-bond donors (Lipinski definition) is 0. The molecule has 2 aromatic carbocycles. The lowest BCUT2D eigenvalue weighted by atomic mass is 9.91. The number of likely N-dealkylation sites (tertiary alicyclic amines) is 1. The van der Waals surface area contributed by atoms with Crippen LogP contribution in [0.25, 0.3) is 5.69 Å². The zero-order valence-corrected chi connectivity index (χ0v) is 17.0.